The van der Waals surface area contributed by atoms with Crippen LogP contribution < -0.4 is 0 Å². The second-order valence-electron chi connectivity index (χ2n) is 2.60. The van der Waals surface area contributed by atoms with Crippen LogP contribution in [0.3, 0.4) is 0 Å². The maximum Gasteiger partial charge on any atom is 0.265 e. The quantitative estimate of drug-likeness (QED) is 0.610. The summed E-state index contributed by atoms with van der Waals surface area (Å²) in [5.41, 5.74) is 0. The second-order valence-corrected chi connectivity index (χ2v) is 5.60. The molecule has 0 heterocycles. The van der Waals surface area contributed by atoms with Gasteiger partial charge < -0.3 is 0 Å². The highest BCUT2D eigenvalue weighted by molar-refractivity contribution is 7.86. The minimum absolute atomic E-state index is 0.674. The molecule has 0 aromatic carbocycles. The zero-order valence-corrected chi connectivity index (χ0v) is 7.97. The van der Waals surface area contributed by atoms with Gasteiger partial charge in [-0.05, 0) is 5.92 Å². The molecule has 0 saturated heterocycles. The van der Waals surface area contributed by atoms with E-state index in [4.69, 9.17) is 9.11 Å². The van der Waals surface area contributed by atoms with E-state index in [1.54, 1.807) is 0 Å². The molecule has 0 aromatic rings. The van der Waals surface area contributed by atoms with E-state index in [0.29, 0.717) is 0 Å². The van der Waals surface area contributed by atoms with Crippen molar-refractivity contribution >= 4 is 20.2 Å². The molecule has 0 aliphatic carbocycles. The predicted octanol–water partition coefficient (Wildman–Crippen LogP) is -0.602. The lowest BCUT2D eigenvalue weighted by atomic mass is 10.3. The molecule has 0 spiro atoms. The van der Waals surface area contributed by atoms with Gasteiger partial charge in [0.15, 0.2) is 0 Å². The van der Waals surface area contributed by atoms with Crippen molar-refractivity contribution in [1.82, 2.24) is 0 Å². The van der Waals surface area contributed by atoms with Gasteiger partial charge in [-0.25, -0.2) is 0 Å². The van der Waals surface area contributed by atoms with E-state index in [2.05, 4.69) is 0 Å². The molecule has 6 nitrogen and oxygen atoms in total. The Morgan fingerprint density at radius 3 is 1.42 bits per heavy atom. The normalized spacial score (nSPS) is 13.7. The van der Waals surface area contributed by atoms with Gasteiger partial charge in [-0.15, -0.1) is 0 Å². The maximum absolute atomic E-state index is 10.2. The highest BCUT2D eigenvalue weighted by Crippen LogP contribution is 2.02. The third-order valence-corrected chi connectivity index (χ3v) is 2.97. The largest absolute Gasteiger partial charge is 0.286 e. The Hall–Kier alpha value is -0.180. The first-order valence-corrected chi connectivity index (χ1v) is 6.22. The van der Waals surface area contributed by atoms with E-state index in [0.717, 1.165) is 0 Å². The fourth-order valence-electron chi connectivity index (χ4n) is 0.767. The number of hydrogen-bond acceptors (Lipinski definition) is 4. The average Bonchev–Trinajstić information content (AvgIpc) is 1.49. The molecule has 8 heteroatoms. The highest BCUT2D eigenvalue weighted by atomic mass is 32.2. The standard InChI is InChI=1S/C4H10O6S2/c1-4(2-11(5,6)7)3-12(8,9)10/h4H,2-3H2,1H3,(H,5,6,7)(H,8,9,10). The SMILES string of the molecule is CC(CS(=O)(=O)O)CS(=O)(=O)O. The third-order valence-electron chi connectivity index (χ3n) is 0.990. The van der Waals surface area contributed by atoms with E-state index in [1.165, 1.54) is 6.92 Å². The minimum Gasteiger partial charge on any atom is -0.286 e. The van der Waals surface area contributed by atoms with Gasteiger partial charge in [0.25, 0.3) is 20.2 Å². The Kier molecular flexibility index (Phi) is 3.63. The molecule has 0 radical (unpaired) electrons. The van der Waals surface area contributed by atoms with Crippen LogP contribution in [0.25, 0.3) is 0 Å². The van der Waals surface area contributed by atoms with E-state index < -0.39 is 37.7 Å². The van der Waals surface area contributed by atoms with E-state index in [1.807, 2.05) is 0 Å². The van der Waals surface area contributed by atoms with Gasteiger partial charge >= 0.3 is 0 Å². The molecule has 0 saturated carbocycles. The van der Waals surface area contributed by atoms with Crippen LogP contribution in [0.5, 0.6) is 0 Å². The molecule has 0 rings (SSSR count). The van der Waals surface area contributed by atoms with Gasteiger partial charge in [0, 0.05) is 0 Å². The van der Waals surface area contributed by atoms with E-state index in [-0.39, 0.29) is 0 Å². The molecule has 12 heavy (non-hydrogen) atoms. The lowest BCUT2D eigenvalue weighted by Gasteiger charge is -2.05. The summed E-state index contributed by atoms with van der Waals surface area (Å²) in [4.78, 5) is 0. The molecule has 0 amide bonds. The summed E-state index contributed by atoms with van der Waals surface area (Å²) in [7, 11) is -8.34. The Balaban J connectivity index is 4.19. The van der Waals surface area contributed by atoms with Gasteiger partial charge in [0.05, 0.1) is 11.5 Å². The Morgan fingerprint density at radius 1 is 1.00 bits per heavy atom. The number of rotatable bonds is 4. The summed E-state index contributed by atoms with van der Waals surface area (Å²) in [6.45, 7) is 1.29. The minimum atomic E-state index is -4.17. The van der Waals surface area contributed by atoms with Crippen molar-refractivity contribution in [3.8, 4) is 0 Å². The van der Waals surface area contributed by atoms with Crippen LogP contribution in [0.1, 0.15) is 6.92 Å². The predicted molar refractivity (Wildman–Crippen MR) is 42.0 cm³/mol. The van der Waals surface area contributed by atoms with Gasteiger partial charge in [-0.3, -0.25) is 9.11 Å². The van der Waals surface area contributed by atoms with Crippen LogP contribution in [-0.2, 0) is 20.2 Å². The Labute approximate surface area is 71.1 Å². The van der Waals surface area contributed by atoms with Crippen LogP contribution in [0.2, 0.25) is 0 Å². The summed E-state index contributed by atoms with van der Waals surface area (Å²) in [6, 6.07) is 0. The summed E-state index contributed by atoms with van der Waals surface area (Å²) < 4.78 is 57.4. The summed E-state index contributed by atoms with van der Waals surface area (Å²) in [5.74, 6) is -2.17. The Bertz CT molecular complexity index is 291. The zero-order chi connectivity index (χ0) is 9.99. The van der Waals surface area contributed by atoms with Gasteiger partial charge in [-0.1, -0.05) is 6.92 Å². The van der Waals surface area contributed by atoms with Crippen LogP contribution in [0.15, 0.2) is 0 Å². The first-order chi connectivity index (χ1) is 5.10. The third kappa shape index (κ3) is 7.92. The van der Waals surface area contributed by atoms with Crippen molar-refractivity contribution in [1.29, 1.82) is 0 Å². The van der Waals surface area contributed by atoms with Crippen molar-refractivity contribution in [2.24, 2.45) is 5.92 Å². The molecule has 0 unspecified atom stereocenters. The van der Waals surface area contributed by atoms with E-state index >= 15 is 0 Å². The topological polar surface area (TPSA) is 109 Å². The summed E-state index contributed by atoms with van der Waals surface area (Å²) in [5, 5.41) is 0. The molecular formula is C4H10O6S2. The fraction of sp³-hybridized carbons (Fsp3) is 1.00. The first kappa shape index (κ1) is 11.8. The second kappa shape index (κ2) is 3.69. The molecule has 0 aliphatic rings. The highest BCUT2D eigenvalue weighted by Gasteiger charge is 2.17. The summed E-state index contributed by atoms with van der Waals surface area (Å²) >= 11 is 0. The average molecular weight is 218 g/mol. The van der Waals surface area contributed by atoms with E-state index in [9.17, 15) is 16.8 Å². The zero-order valence-electron chi connectivity index (χ0n) is 6.34. The number of hydrogen-bond donors (Lipinski definition) is 2. The lowest BCUT2D eigenvalue weighted by Crippen LogP contribution is -2.20. The lowest BCUT2D eigenvalue weighted by molar-refractivity contribution is 0.462. The van der Waals surface area contributed by atoms with Crippen molar-refractivity contribution < 1.29 is 25.9 Å². The van der Waals surface area contributed by atoms with Crippen molar-refractivity contribution in [2.75, 3.05) is 11.5 Å². The molecule has 0 aromatic heterocycles. The molecule has 0 bridgehead atoms. The molecule has 2 N–H and O–H groups in total. The molecule has 74 valence electrons. The smallest absolute Gasteiger partial charge is 0.265 e. The van der Waals surface area contributed by atoms with Gasteiger partial charge in [0.2, 0.25) is 0 Å². The maximum atomic E-state index is 10.2. The van der Waals surface area contributed by atoms with Crippen molar-refractivity contribution in [3.63, 3.8) is 0 Å². The fourth-order valence-corrected chi connectivity index (χ4v) is 2.59. The van der Waals surface area contributed by atoms with Crippen molar-refractivity contribution in [2.45, 2.75) is 6.92 Å². The summed E-state index contributed by atoms with van der Waals surface area (Å²) in [6.07, 6.45) is 0. The molecule has 0 fully saturated rings. The monoisotopic (exact) mass is 218 g/mol. The molecule has 0 atom stereocenters. The molecule has 0 aliphatic heterocycles. The first-order valence-electron chi connectivity index (χ1n) is 3.00. The van der Waals surface area contributed by atoms with Gasteiger partial charge in [0.1, 0.15) is 0 Å². The van der Waals surface area contributed by atoms with Crippen LogP contribution >= 0.6 is 0 Å². The van der Waals surface area contributed by atoms with Gasteiger partial charge in [-0.2, -0.15) is 16.8 Å². The molecular weight excluding hydrogens is 208 g/mol. The van der Waals surface area contributed by atoms with Crippen LogP contribution in [0, 0.1) is 5.92 Å². The van der Waals surface area contributed by atoms with Crippen molar-refractivity contribution in [3.05, 3.63) is 0 Å². The Morgan fingerprint density at radius 2 is 1.25 bits per heavy atom. The van der Waals surface area contributed by atoms with Crippen LogP contribution in [0.4, 0.5) is 0 Å². The van der Waals surface area contributed by atoms with Crippen LogP contribution in [-0.4, -0.2) is 37.4 Å².